The number of aryl methyl sites for hydroxylation is 1. The van der Waals surface area contributed by atoms with Crippen molar-refractivity contribution in [2.45, 2.75) is 13.8 Å². The van der Waals surface area contributed by atoms with Crippen molar-refractivity contribution >= 4 is 28.7 Å². The molecule has 0 bridgehead atoms. The smallest absolute Gasteiger partial charge is 0.265 e. The molecule has 0 aliphatic rings. The summed E-state index contributed by atoms with van der Waals surface area (Å²) in [5, 5.41) is 2.83. The Hall–Kier alpha value is -2.34. The topological polar surface area (TPSA) is 64.6 Å². The van der Waals surface area contributed by atoms with Crippen LogP contribution in [0, 0.1) is 6.92 Å². The van der Waals surface area contributed by atoms with Gasteiger partial charge in [0.25, 0.3) is 5.91 Å². The van der Waals surface area contributed by atoms with Crippen LogP contribution in [-0.4, -0.2) is 25.9 Å². The molecule has 2 rings (SSSR count). The number of hydrogen-bond acceptors (Lipinski definition) is 5. The average Bonchev–Trinajstić information content (AvgIpc) is 2.99. The number of amides is 1. The van der Waals surface area contributed by atoms with Gasteiger partial charge in [0, 0.05) is 11.8 Å². The molecular weight excluding hydrogens is 302 g/mol. The summed E-state index contributed by atoms with van der Waals surface area (Å²) in [4.78, 5) is 24.6. The zero-order valence-corrected chi connectivity index (χ0v) is 13.7. The highest BCUT2D eigenvalue weighted by atomic mass is 32.1. The Morgan fingerprint density at radius 1 is 1.05 bits per heavy atom. The van der Waals surface area contributed by atoms with Gasteiger partial charge in [0.1, 0.15) is 0 Å². The van der Waals surface area contributed by atoms with Crippen LogP contribution in [0.4, 0.5) is 5.69 Å². The third-order valence-electron chi connectivity index (χ3n) is 3.16. The van der Waals surface area contributed by atoms with Crippen LogP contribution >= 0.6 is 11.3 Å². The number of nitrogens with one attached hydrogen (secondary N) is 1. The maximum atomic E-state index is 12.3. The Morgan fingerprint density at radius 3 is 2.18 bits per heavy atom. The normalized spacial score (nSPS) is 10.2. The lowest BCUT2D eigenvalue weighted by atomic mass is 10.1. The first-order chi connectivity index (χ1) is 10.5. The third-order valence-corrected chi connectivity index (χ3v) is 4.34. The molecule has 0 saturated heterocycles. The second-order valence-corrected chi connectivity index (χ2v) is 5.78. The maximum absolute atomic E-state index is 12.3. The van der Waals surface area contributed by atoms with E-state index in [1.54, 1.807) is 31.4 Å². The van der Waals surface area contributed by atoms with Gasteiger partial charge in [-0.1, -0.05) is 0 Å². The molecule has 1 amide bonds. The van der Waals surface area contributed by atoms with E-state index in [9.17, 15) is 9.59 Å². The molecular formula is C16H17NO4S. The average molecular weight is 319 g/mol. The standard InChI is InChI=1S/C16H17NO4S/c1-9-7-12(20-3)13(21-4)8-11(9)17-16(19)15-6-5-14(22-15)10(2)18/h5-8H,1-4H3,(H,17,19). The minimum absolute atomic E-state index is 0.0497. The van der Waals surface area contributed by atoms with E-state index in [0.717, 1.165) is 5.56 Å². The van der Waals surface area contributed by atoms with Crippen molar-refractivity contribution in [2.75, 3.05) is 19.5 Å². The molecule has 2 aromatic rings. The minimum atomic E-state index is -0.257. The summed E-state index contributed by atoms with van der Waals surface area (Å²) in [7, 11) is 3.10. The summed E-state index contributed by atoms with van der Waals surface area (Å²) in [6.45, 7) is 3.35. The van der Waals surface area contributed by atoms with Crippen molar-refractivity contribution in [3.63, 3.8) is 0 Å². The van der Waals surface area contributed by atoms with E-state index in [-0.39, 0.29) is 11.7 Å². The van der Waals surface area contributed by atoms with E-state index in [0.29, 0.717) is 26.9 Å². The zero-order valence-electron chi connectivity index (χ0n) is 12.9. The molecule has 0 atom stereocenters. The number of thiophene rings is 1. The highest BCUT2D eigenvalue weighted by Gasteiger charge is 2.14. The first kappa shape index (κ1) is 16.0. The fraction of sp³-hybridized carbons (Fsp3) is 0.250. The first-order valence-corrected chi connectivity index (χ1v) is 7.42. The van der Waals surface area contributed by atoms with Crippen LogP contribution in [0.2, 0.25) is 0 Å². The molecule has 0 fully saturated rings. The molecule has 0 unspecified atom stereocenters. The number of Topliss-reactive ketones (excluding diaryl/α,β-unsaturated/α-hetero) is 1. The van der Waals surface area contributed by atoms with Gasteiger partial charge in [-0.25, -0.2) is 0 Å². The molecule has 5 nitrogen and oxygen atoms in total. The van der Waals surface area contributed by atoms with Gasteiger partial charge in [0.2, 0.25) is 0 Å². The van der Waals surface area contributed by atoms with E-state index in [4.69, 9.17) is 9.47 Å². The number of anilines is 1. The Labute approximate surface area is 132 Å². The maximum Gasteiger partial charge on any atom is 0.265 e. The predicted octanol–water partition coefficient (Wildman–Crippen LogP) is 3.53. The van der Waals surface area contributed by atoms with Crippen LogP contribution < -0.4 is 14.8 Å². The highest BCUT2D eigenvalue weighted by molar-refractivity contribution is 7.16. The summed E-state index contributed by atoms with van der Waals surface area (Å²) >= 11 is 1.17. The van der Waals surface area contributed by atoms with Gasteiger partial charge in [-0.15, -0.1) is 11.3 Å². The molecule has 1 heterocycles. The van der Waals surface area contributed by atoms with Crippen LogP contribution in [0.5, 0.6) is 11.5 Å². The molecule has 0 spiro atoms. The van der Waals surface area contributed by atoms with Crippen LogP contribution in [0.15, 0.2) is 24.3 Å². The lowest BCUT2D eigenvalue weighted by Gasteiger charge is -2.13. The molecule has 1 aromatic heterocycles. The fourth-order valence-corrected chi connectivity index (χ4v) is 2.74. The summed E-state index contributed by atoms with van der Waals surface area (Å²) in [5.41, 5.74) is 1.50. The number of benzene rings is 1. The summed E-state index contributed by atoms with van der Waals surface area (Å²) < 4.78 is 10.5. The van der Waals surface area contributed by atoms with Gasteiger partial charge in [0.05, 0.1) is 24.0 Å². The zero-order chi connectivity index (χ0) is 16.3. The Balaban J connectivity index is 2.25. The number of hydrogen-bond donors (Lipinski definition) is 1. The number of carbonyl (C=O) groups excluding carboxylic acids is 2. The van der Waals surface area contributed by atoms with Gasteiger partial charge in [-0.05, 0) is 37.6 Å². The van der Waals surface area contributed by atoms with E-state index < -0.39 is 0 Å². The third kappa shape index (κ3) is 3.28. The van der Waals surface area contributed by atoms with Gasteiger partial charge < -0.3 is 14.8 Å². The molecule has 0 radical (unpaired) electrons. The van der Waals surface area contributed by atoms with Crippen LogP contribution in [0.1, 0.15) is 31.8 Å². The molecule has 116 valence electrons. The quantitative estimate of drug-likeness (QED) is 0.856. The second kappa shape index (κ2) is 6.62. The van der Waals surface area contributed by atoms with Gasteiger partial charge in [0.15, 0.2) is 17.3 Å². The van der Waals surface area contributed by atoms with Crippen molar-refractivity contribution in [3.05, 3.63) is 39.6 Å². The van der Waals surface area contributed by atoms with Crippen molar-refractivity contribution in [1.29, 1.82) is 0 Å². The van der Waals surface area contributed by atoms with Crippen LogP contribution in [0.3, 0.4) is 0 Å². The van der Waals surface area contributed by atoms with Crippen molar-refractivity contribution in [3.8, 4) is 11.5 Å². The lowest BCUT2D eigenvalue weighted by Crippen LogP contribution is -2.11. The fourth-order valence-electron chi connectivity index (χ4n) is 1.95. The molecule has 1 N–H and O–H groups in total. The number of carbonyl (C=O) groups is 2. The lowest BCUT2D eigenvalue weighted by molar-refractivity contribution is 0.101. The van der Waals surface area contributed by atoms with Crippen molar-refractivity contribution in [2.24, 2.45) is 0 Å². The number of methoxy groups -OCH3 is 2. The molecule has 22 heavy (non-hydrogen) atoms. The molecule has 1 aromatic carbocycles. The van der Waals surface area contributed by atoms with Gasteiger partial charge in [-0.2, -0.15) is 0 Å². The molecule has 0 saturated carbocycles. The number of ether oxygens (including phenoxy) is 2. The van der Waals surface area contributed by atoms with Crippen molar-refractivity contribution in [1.82, 2.24) is 0 Å². The van der Waals surface area contributed by atoms with E-state index >= 15 is 0 Å². The monoisotopic (exact) mass is 319 g/mol. The Morgan fingerprint density at radius 2 is 1.64 bits per heavy atom. The molecule has 0 aliphatic heterocycles. The predicted molar refractivity (Wildman–Crippen MR) is 86.6 cm³/mol. The number of ketones is 1. The second-order valence-electron chi connectivity index (χ2n) is 4.70. The molecule has 6 heteroatoms. The minimum Gasteiger partial charge on any atom is -0.493 e. The van der Waals surface area contributed by atoms with Gasteiger partial charge >= 0.3 is 0 Å². The van der Waals surface area contributed by atoms with Gasteiger partial charge in [-0.3, -0.25) is 9.59 Å². The Bertz CT molecular complexity index is 721. The summed E-state index contributed by atoms with van der Waals surface area (Å²) in [6, 6.07) is 6.81. The first-order valence-electron chi connectivity index (χ1n) is 6.61. The SMILES string of the molecule is COc1cc(C)c(NC(=O)c2ccc(C(C)=O)s2)cc1OC. The highest BCUT2D eigenvalue weighted by Crippen LogP contribution is 2.33. The summed E-state index contributed by atoms with van der Waals surface area (Å²) in [5.74, 6) is 0.839. The van der Waals surface area contributed by atoms with E-state index in [1.165, 1.54) is 25.4 Å². The van der Waals surface area contributed by atoms with E-state index in [1.807, 2.05) is 6.92 Å². The summed E-state index contributed by atoms with van der Waals surface area (Å²) in [6.07, 6.45) is 0. The van der Waals surface area contributed by atoms with Crippen molar-refractivity contribution < 1.29 is 19.1 Å². The van der Waals surface area contributed by atoms with Crippen LogP contribution in [-0.2, 0) is 0 Å². The van der Waals surface area contributed by atoms with Crippen LogP contribution in [0.25, 0.3) is 0 Å². The number of rotatable bonds is 5. The Kier molecular flexibility index (Phi) is 4.82. The largest absolute Gasteiger partial charge is 0.493 e. The molecule has 0 aliphatic carbocycles. The van der Waals surface area contributed by atoms with E-state index in [2.05, 4.69) is 5.32 Å².